The minimum Gasteiger partial charge on any atom is -0.385 e. The summed E-state index contributed by atoms with van der Waals surface area (Å²) in [6.45, 7) is 3.05. The number of nitrogens with one attached hydrogen (secondary N) is 2. The SMILES string of the molecule is CCNc1cccc(-c2ccc[nH]2)c1. The second kappa shape index (κ2) is 4.01. The Balaban J connectivity index is 2.31. The van der Waals surface area contributed by atoms with E-state index in [4.69, 9.17) is 0 Å². The average molecular weight is 186 g/mol. The van der Waals surface area contributed by atoms with Crippen LogP contribution in [0.4, 0.5) is 5.69 Å². The molecule has 2 nitrogen and oxygen atoms in total. The van der Waals surface area contributed by atoms with Crippen LogP contribution in [0.5, 0.6) is 0 Å². The number of hydrogen-bond acceptors (Lipinski definition) is 1. The van der Waals surface area contributed by atoms with Crippen LogP contribution in [0, 0.1) is 0 Å². The minimum absolute atomic E-state index is 0.953. The van der Waals surface area contributed by atoms with E-state index in [-0.39, 0.29) is 0 Å². The fourth-order valence-electron chi connectivity index (χ4n) is 1.51. The molecule has 2 aromatic rings. The van der Waals surface area contributed by atoms with Crippen molar-refractivity contribution in [2.45, 2.75) is 6.92 Å². The second-order valence-corrected chi connectivity index (χ2v) is 3.19. The van der Waals surface area contributed by atoms with Crippen LogP contribution < -0.4 is 5.32 Å². The van der Waals surface area contributed by atoms with Crippen LogP contribution in [0.1, 0.15) is 6.92 Å². The number of hydrogen-bond donors (Lipinski definition) is 2. The van der Waals surface area contributed by atoms with E-state index in [0.717, 1.165) is 12.2 Å². The topological polar surface area (TPSA) is 27.8 Å². The van der Waals surface area contributed by atoms with Crippen LogP contribution in [0.2, 0.25) is 0 Å². The van der Waals surface area contributed by atoms with Crippen molar-refractivity contribution in [3.63, 3.8) is 0 Å². The maximum Gasteiger partial charge on any atom is 0.0454 e. The van der Waals surface area contributed by atoms with Gasteiger partial charge in [-0.25, -0.2) is 0 Å². The minimum atomic E-state index is 0.953. The molecule has 0 radical (unpaired) electrons. The molecule has 72 valence electrons. The highest BCUT2D eigenvalue weighted by Crippen LogP contribution is 2.20. The van der Waals surface area contributed by atoms with Crippen LogP contribution in [0.3, 0.4) is 0 Å². The largest absolute Gasteiger partial charge is 0.385 e. The van der Waals surface area contributed by atoms with Gasteiger partial charge in [0.25, 0.3) is 0 Å². The lowest BCUT2D eigenvalue weighted by Crippen LogP contribution is -1.95. The Morgan fingerprint density at radius 1 is 1.21 bits per heavy atom. The fourth-order valence-corrected chi connectivity index (χ4v) is 1.51. The van der Waals surface area contributed by atoms with Crippen LogP contribution >= 0.6 is 0 Å². The van der Waals surface area contributed by atoms with Crippen molar-refractivity contribution < 1.29 is 0 Å². The van der Waals surface area contributed by atoms with Crippen LogP contribution in [0.15, 0.2) is 42.6 Å². The first kappa shape index (κ1) is 8.88. The molecular formula is C12H14N2. The molecule has 0 saturated carbocycles. The highest BCUT2D eigenvalue weighted by Gasteiger charge is 1.97. The summed E-state index contributed by atoms with van der Waals surface area (Å²) in [6.07, 6.45) is 1.94. The van der Waals surface area contributed by atoms with Crippen molar-refractivity contribution in [2.24, 2.45) is 0 Å². The molecule has 0 aliphatic rings. The standard InChI is InChI=1S/C12H14N2/c1-2-13-11-6-3-5-10(9-11)12-7-4-8-14-12/h3-9,13-14H,2H2,1H3. The molecular weight excluding hydrogens is 172 g/mol. The summed E-state index contributed by atoms with van der Waals surface area (Å²) < 4.78 is 0. The predicted octanol–water partition coefficient (Wildman–Crippen LogP) is 3.11. The van der Waals surface area contributed by atoms with Gasteiger partial charge in [0.15, 0.2) is 0 Å². The molecule has 0 spiro atoms. The fraction of sp³-hybridized carbons (Fsp3) is 0.167. The van der Waals surface area contributed by atoms with E-state index < -0.39 is 0 Å². The van der Waals surface area contributed by atoms with E-state index in [1.807, 2.05) is 12.3 Å². The molecule has 1 aromatic carbocycles. The number of rotatable bonds is 3. The summed E-state index contributed by atoms with van der Waals surface area (Å²) in [4.78, 5) is 3.19. The number of anilines is 1. The zero-order chi connectivity index (χ0) is 9.80. The monoisotopic (exact) mass is 186 g/mol. The van der Waals surface area contributed by atoms with Gasteiger partial charge in [-0.3, -0.25) is 0 Å². The molecule has 2 heteroatoms. The molecule has 1 heterocycles. The van der Waals surface area contributed by atoms with Gasteiger partial charge in [0, 0.05) is 24.1 Å². The molecule has 0 aliphatic carbocycles. The van der Waals surface area contributed by atoms with Gasteiger partial charge in [-0.1, -0.05) is 12.1 Å². The number of aromatic nitrogens is 1. The van der Waals surface area contributed by atoms with E-state index in [9.17, 15) is 0 Å². The van der Waals surface area contributed by atoms with E-state index in [1.165, 1.54) is 11.3 Å². The van der Waals surface area contributed by atoms with Crippen molar-refractivity contribution in [3.8, 4) is 11.3 Å². The van der Waals surface area contributed by atoms with Gasteiger partial charge in [0.1, 0.15) is 0 Å². The Bertz CT molecular complexity index is 390. The molecule has 0 bridgehead atoms. The normalized spacial score (nSPS) is 10.1. The highest BCUT2D eigenvalue weighted by atomic mass is 14.8. The van der Waals surface area contributed by atoms with Gasteiger partial charge in [-0.2, -0.15) is 0 Å². The van der Waals surface area contributed by atoms with Crippen molar-refractivity contribution in [2.75, 3.05) is 11.9 Å². The van der Waals surface area contributed by atoms with Crippen LogP contribution in [-0.2, 0) is 0 Å². The van der Waals surface area contributed by atoms with Gasteiger partial charge < -0.3 is 10.3 Å². The molecule has 14 heavy (non-hydrogen) atoms. The summed E-state index contributed by atoms with van der Waals surface area (Å²) in [5, 5.41) is 3.30. The zero-order valence-electron chi connectivity index (χ0n) is 8.25. The van der Waals surface area contributed by atoms with Gasteiger partial charge in [0.2, 0.25) is 0 Å². The molecule has 2 rings (SSSR count). The lowest BCUT2D eigenvalue weighted by atomic mass is 10.1. The van der Waals surface area contributed by atoms with Crippen LogP contribution in [-0.4, -0.2) is 11.5 Å². The number of benzene rings is 1. The first-order valence-electron chi connectivity index (χ1n) is 4.88. The van der Waals surface area contributed by atoms with Gasteiger partial charge in [0.05, 0.1) is 0 Å². The van der Waals surface area contributed by atoms with Gasteiger partial charge in [-0.15, -0.1) is 0 Å². The summed E-state index contributed by atoms with van der Waals surface area (Å²) in [7, 11) is 0. The van der Waals surface area contributed by atoms with E-state index in [1.54, 1.807) is 0 Å². The lowest BCUT2D eigenvalue weighted by molar-refractivity contribution is 1.21. The van der Waals surface area contributed by atoms with Crippen molar-refractivity contribution in [3.05, 3.63) is 42.6 Å². The molecule has 0 fully saturated rings. The van der Waals surface area contributed by atoms with Gasteiger partial charge in [-0.05, 0) is 36.8 Å². The van der Waals surface area contributed by atoms with Crippen molar-refractivity contribution in [1.82, 2.24) is 4.98 Å². The Kier molecular flexibility index (Phi) is 2.54. The Labute approximate surface area is 84.0 Å². The zero-order valence-corrected chi connectivity index (χ0v) is 8.25. The quantitative estimate of drug-likeness (QED) is 0.757. The second-order valence-electron chi connectivity index (χ2n) is 3.19. The van der Waals surface area contributed by atoms with Gasteiger partial charge >= 0.3 is 0 Å². The molecule has 1 aromatic heterocycles. The summed E-state index contributed by atoms with van der Waals surface area (Å²) in [5.41, 5.74) is 3.54. The molecule has 0 aliphatic heterocycles. The maximum atomic E-state index is 3.30. The molecule has 0 unspecified atom stereocenters. The maximum absolute atomic E-state index is 3.30. The predicted molar refractivity (Wildman–Crippen MR) is 60.4 cm³/mol. The van der Waals surface area contributed by atoms with Crippen molar-refractivity contribution >= 4 is 5.69 Å². The number of aromatic amines is 1. The third-order valence-corrected chi connectivity index (χ3v) is 2.15. The average Bonchev–Trinajstić information content (AvgIpc) is 2.71. The number of H-pyrrole nitrogens is 1. The summed E-state index contributed by atoms with van der Waals surface area (Å²) >= 11 is 0. The summed E-state index contributed by atoms with van der Waals surface area (Å²) in [5.74, 6) is 0. The summed E-state index contributed by atoms with van der Waals surface area (Å²) in [6, 6.07) is 12.5. The first-order valence-corrected chi connectivity index (χ1v) is 4.88. The molecule has 0 saturated heterocycles. The van der Waals surface area contributed by atoms with E-state index in [2.05, 4.69) is 47.6 Å². The van der Waals surface area contributed by atoms with Crippen LogP contribution in [0.25, 0.3) is 11.3 Å². The molecule has 2 N–H and O–H groups in total. The molecule has 0 amide bonds. The third-order valence-electron chi connectivity index (χ3n) is 2.15. The smallest absolute Gasteiger partial charge is 0.0454 e. The third kappa shape index (κ3) is 1.79. The lowest BCUT2D eigenvalue weighted by Gasteiger charge is -2.04. The Morgan fingerprint density at radius 3 is 2.86 bits per heavy atom. The Morgan fingerprint density at radius 2 is 2.14 bits per heavy atom. The first-order chi connectivity index (χ1) is 6.90. The Hall–Kier alpha value is -1.70. The highest BCUT2D eigenvalue weighted by molar-refractivity contribution is 5.65. The van der Waals surface area contributed by atoms with E-state index >= 15 is 0 Å². The van der Waals surface area contributed by atoms with Crippen molar-refractivity contribution in [1.29, 1.82) is 0 Å². The molecule has 0 atom stereocenters. The van der Waals surface area contributed by atoms with E-state index in [0.29, 0.717) is 0 Å².